The lowest BCUT2D eigenvalue weighted by Gasteiger charge is -2.29. The molecule has 1 amide bonds. The van der Waals surface area contributed by atoms with E-state index in [0.29, 0.717) is 36.5 Å². The average molecular weight is 607 g/mol. The summed E-state index contributed by atoms with van der Waals surface area (Å²) in [5.74, 6) is -0.774. The number of allylic oxidation sites excluding steroid dienone is 9. The van der Waals surface area contributed by atoms with Crippen molar-refractivity contribution in [2.75, 3.05) is 33.2 Å². The van der Waals surface area contributed by atoms with Gasteiger partial charge in [-0.15, -0.1) is 0 Å². The second-order valence-electron chi connectivity index (χ2n) is 10.1. The first kappa shape index (κ1) is 36.0. The van der Waals surface area contributed by atoms with Gasteiger partial charge >= 0.3 is 11.9 Å². The number of nitrogens with one attached hydrogen (secondary N) is 1. The van der Waals surface area contributed by atoms with Crippen molar-refractivity contribution in [3.63, 3.8) is 0 Å². The van der Waals surface area contributed by atoms with Gasteiger partial charge in [-0.3, -0.25) is 14.4 Å². The van der Waals surface area contributed by atoms with Crippen LogP contribution >= 0.6 is 0 Å². The number of unbranched alkanes of at least 4 members (excludes halogenated alkanes) is 1. The van der Waals surface area contributed by atoms with Gasteiger partial charge in [-0.1, -0.05) is 80.2 Å². The number of hydrogen-bond acceptors (Lipinski definition) is 8. The lowest BCUT2D eigenvalue weighted by Crippen LogP contribution is -2.42. The number of para-hydroxylation sites is 1. The molecule has 1 aromatic rings. The molecular weight excluding hydrogens is 560 g/mol. The topological polar surface area (TPSA) is 126 Å². The van der Waals surface area contributed by atoms with Gasteiger partial charge in [0.1, 0.15) is 17.8 Å². The Hall–Kier alpha value is -4.21. The highest BCUT2D eigenvalue weighted by atomic mass is 16.6. The van der Waals surface area contributed by atoms with E-state index in [-0.39, 0.29) is 45.3 Å². The summed E-state index contributed by atoms with van der Waals surface area (Å²) < 4.78 is 22.2. The van der Waals surface area contributed by atoms with Crippen molar-refractivity contribution < 1.29 is 33.3 Å². The Morgan fingerprint density at radius 2 is 1.89 bits per heavy atom. The van der Waals surface area contributed by atoms with Crippen LogP contribution in [0, 0.1) is 5.41 Å². The van der Waals surface area contributed by atoms with Gasteiger partial charge in [0.2, 0.25) is 0 Å². The van der Waals surface area contributed by atoms with Crippen LogP contribution in [0.1, 0.15) is 62.7 Å². The van der Waals surface area contributed by atoms with E-state index in [1.165, 1.54) is 0 Å². The Morgan fingerprint density at radius 3 is 2.64 bits per heavy atom. The van der Waals surface area contributed by atoms with Gasteiger partial charge in [0.15, 0.2) is 0 Å². The molecule has 1 aliphatic rings. The van der Waals surface area contributed by atoms with Gasteiger partial charge < -0.3 is 30.0 Å². The van der Waals surface area contributed by atoms with E-state index < -0.39 is 17.4 Å². The SMILES string of the molecule is C=C/C=C\C/C=C\CC(COCN)(COC(=O)CC1=CC=C(NC(=O)c2ccccc2OCCCC)C=CC1)C(=O)OCC. The molecular formula is C35H46N2O7. The molecule has 238 valence electrons. The molecule has 0 radical (unpaired) electrons. The maximum absolute atomic E-state index is 13.0. The fraction of sp³-hybridized carbons (Fsp3) is 0.400. The van der Waals surface area contributed by atoms with Crippen LogP contribution < -0.4 is 15.8 Å². The molecule has 0 aliphatic heterocycles. The van der Waals surface area contributed by atoms with Crippen LogP contribution in [-0.4, -0.2) is 51.0 Å². The first-order valence-corrected chi connectivity index (χ1v) is 15.0. The first-order chi connectivity index (χ1) is 21.4. The lowest BCUT2D eigenvalue weighted by molar-refractivity contribution is -0.168. The molecule has 0 fully saturated rings. The second kappa shape index (κ2) is 20.7. The van der Waals surface area contributed by atoms with Crippen LogP contribution in [0.4, 0.5) is 0 Å². The van der Waals surface area contributed by atoms with Gasteiger partial charge in [-0.2, -0.15) is 0 Å². The molecule has 0 saturated heterocycles. The summed E-state index contributed by atoms with van der Waals surface area (Å²) in [6.07, 6.45) is 19.7. The quantitative estimate of drug-likeness (QED) is 0.0622. The summed E-state index contributed by atoms with van der Waals surface area (Å²) >= 11 is 0. The molecule has 1 aromatic carbocycles. The van der Waals surface area contributed by atoms with E-state index in [1.807, 2.05) is 36.4 Å². The molecule has 0 saturated carbocycles. The Morgan fingerprint density at radius 1 is 1.07 bits per heavy atom. The molecule has 1 unspecified atom stereocenters. The number of rotatable bonds is 20. The molecule has 1 aliphatic carbocycles. The van der Waals surface area contributed by atoms with E-state index in [9.17, 15) is 14.4 Å². The van der Waals surface area contributed by atoms with Gasteiger partial charge in [0.05, 0.1) is 38.5 Å². The third-order valence-corrected chi connectivity index (χ3v) is 6.63. The monoisotopic (exact) mass is 606 g/mol. The Bertz CT molecular complexity index is 1250. The molecule has 9 heteroatoms. The highest BCUT2D eigenvalue weighted by Gasteiger charge is 2.41. The molecule has 3 N–H and O–H groups in total. The first-order valence-electron chi connectivity index (χ1n) is 15.0. The summed E-state index contributed by atoms with van der Waals surface area (Å²) in [6.45, 7) is 7.76. The minimum absolute atomic E-state index is 0.00894. The summed E-state index contributed by atoms with van der Waals surface area (Å²) in [7, 11) is 0. The van der Waals surface area contributed by atoms with E-state index in [2.05, 4.69) is 18.8 Å². The minimum atomic E-state index is -1.24. The maximum Gasteiger partial charge on any atom is 0.318 e. The molecule has 0 aromatic heterocycles. The molecule has 1 atom stereocenters. The molecule has 9 nitrogen and oxygen atoms in total. The average Bonchev–Trinajstić information content (AvgIpc) is 3.25. The smallest absolute Gasteiger partial charge is 0.318 e. The highest BCUT2D eigenvalue weighted by molar-refractivity contribution is 5.98. The van der Waals surface area contributed by atoms with Crippen LogP contribution in [0.25, 0.3) is 0 Å². The number of hydrogen-bond donors (Lipinski definition) is 2. The normalized spacial score (nSPS) is 14.3. The van der Waals surface area contributed by atoms with Gasteiger partial charge in [0.25, 0.3) is 5.91 Å². The van der Waals surface area contributed by atoms with Crippen LogP contribution in [0.15, 0.2) is 96.8 Å². The van der Waals surface area contributed by atoms with Crippen molar-refractivity contribution in [3.8, 4) is 5.75 Å². The van der Waals surface area contributed by atoms with Gasteiger partial charge in [0, 0.05) is 5.70 Å². The van der Waals surface area contributed by atoms with E-state index in [4.69, 9.17) is 24.7 Å². The molecule has 0 bridgehead atoms. The summed E-state index contributed by atoms with van der Waals surface area (Å²) in [5.41, 5.74) is 6.12. The van der Waals surface area contributed by atoms with Crippen molar-refractivity contribution in [1.29, 1.82) is 0 Å². The van der Waals surface area contributed by atoms with Gasteiger partial charge in [-0.25, -0.2) is 0 Å². The zero-order valence-corrected chi connectivity index (χ0v) is 25.9. The van der Waals surface area contributed by atoms with Gasteiger partial charge in [-0.05, 0) is 56.9 Å². The fourth-order valence-corrected chi connectivity index (χ4v) is 4.20. The maximum atomic E-state index is 13.0. The molecule has 0 spiro atoms. The Labute approximate surface area is 261 Å². The highest BCUT2D eigenvalue weighted by Crippen LogP contribution is 2.28. The van der Waals surface area contributed by atoms with Crippen LogP contribution in [-0.2, 0) is 23.8 Å². The number of esters is 2. The third-order valence-electron chi connectivity index (χ3n) is 6.63. The predicted octanol–water partition coefficient (Wildman–Crippen LogP) is 5.86. The number of benzene rings is 1. The number of amides is 1. The Balaban J connectivity index is 2.07. The number of nitrogens with two attached hydrogens (primary N) is 1. The van der Waals surface area contributed by atoms with Crippen molar-refractivity contribution in [1.82, 2.24) is 5.32 Å². The summed E-state index contributed by atoms with van der Waals surface area (Å²) in [4.78, 5) is 39.0. The second-order valence-corrected chi connectivity index (χ2v) is 10.1. The zero-order chi connectivity index (χ0) is 32.0. The van der Waals surface area contributed by atoms with Crippen molar-refractivity contribution in [2.24, 2.45) is 11.1 Å². The number of ether oxygens (including phenoxy) is 4. The predicted molar refractivity (Wildman–Crippen MR) is 172 cm³/mol. The minimum Gasteiger partial charge on any atom is -0.493 e. The van der Waals surface area contributed by atoms with Crippen LogP contribution in [0.5, 0.6) is 5.75 Å². The van der Waals surface area contributed by atoms with Crippen molar-refractivity contribution in [3.05, 3.63) is 102 Å². The molecule has 2 rings (SSSR count). The molecule has 44 heavy (non-hydrogen) atoms. The van der Waals surface area contributed by atoms with Crippen molar-refractivity contribution in [2.45, 2.75) is 52.4 Å². The van der Waals surface area contributed by atoms with E-state index in [1.54, 1.807) is 49.4 Å². The number of carbonyl (C=O) groups is 3. The van der Waals surface area contributed by atoms with Crippen molar-refractivity contribution >= 4 is 17.8 Å². The van der Waals surface area contributed by atoms with Crippen LogP contribution in [0.2, 0.25) is 0 Å². The van der Waals surface area contributed by atoms with E-state index in [0.717, 1.165) is 18.4 Å². The third kappa shape index (κ3) is 12.6. The Kier molecular flexibility index (Phi) is 16.9. The molecule has 0 heterocycles. The summed E-state index contributed by atoms with van der Waals surface area (Å²) in [6, 6.07) is 7.13. The largest absolute Gasteiger partial charge is 0.493 e. The van der Waals surface area contributed by atoms with Crippen LogP contribution in [0.3, 0.4) is 0 Å². The lowest BCUT2D eigenvalue weighted by atomic mass is 9.85. The summed E-state index contributed by atoms with van der Waals surface area (Å²) in [5, 5.41) is 2.91. The van der Waals surface area contributed by atoms with E-state index >= 15 is 0 Å². The standard InChI is InChI=1S/C35H46N2O7/c1-4-7-9-10-11-14-22-35(25-41-27-36,34(40)42-6-3)26-44-32(38)24-28-16-15-17-29(21-20-28)37-33(39)30-18-12-13-19-31(30)43-23-8-5-2/h4,7,9,11-15,17-21H,1,5-6,8,10,16,22-27,36H2,2-3H3,(H,37,39)/b9-7-,14-11-. The fourth-order valence-electron chi connectivity index (χ4n) is 4.20. The number of carbonyl (C=O) groups excluding carboxylic acids is 3. The zero-order valence-electron chi connectivity index (χ0n) is 25.9.